The fourth-order valence-corrected chi connectivity index (χ4v) is 4.95. The van der Waals surface area contributed by atoms with Crippen molar-refractivity contribution < 1.29 is 13.2 Å². The Hall–Kier alpha value is -3.12. The van der Waals surface area contributed by atoms with Crippen LogP contribution in [0, 0.1) is 6.92 Å². The van der Waals surface area contributed by atoms with E-state index in [1.165, 1.54) is 15.4 Å². The average molecular weight is 451 g/mol. The summed E-state index contributed by atoms with van der Waals surface area (Å²) in [7, 11) is -3.87. The van der Waals surface area contributed by atoms with Gasteiger partial charge in [0, 0.05) is 6.54 Å². The van der Waals surface area contributed by atoms with Crippen molar-refractivity contribution in [1.29, 1.82) is 0 Å². The molecule has 0 saturated carbocycles. The molecule has 0 bridgehead atoms. The maximum absolute atomic E-state index is 13.3. The van der Waals surface area contributed by atoms with E-state index in [9.17, 15) is 13.2 Å². The van der Waals surface area contributed by atoms with Crippen LogP contribution in [0.5, 0.6) is 0 Å². The summed E-state index contributed by atoms with van der Waals surface area (Å²) in [4.78, 5) is 12.8. The first-order valence-electron chi connectivity index (χ1n) is 10.9. The van der Waals surface area contributed by atoms with E-state index in [-0.39, 0.29) is 17.3 Å². The first kappa shape index (κ1) is 23.5. The molecule has 0 radical (unpaired) electrons. The predicted octanol–water partition coefficient (Wildman–Crippen LogP) is 4.50. The van der Waals surface area contributed by atoms with Crippen molar-refractivity contribution in [2.24, 2.45) is 0 Å². The van der Waals surface area contributed by atoms with Gasteiger partial charge >= 0.3 is 0 Å². The van der Waals surface area contributed by atoms with Gasteiger partial charge < -0.3 is 5.32 Å². The normalized spacial score (nSPS) is 11.2. The number of carbonyl (C=O) groups excluding carboxylic acids is 1. The van der Waals surface area contributed by atoms with Crippen LogP contribution in [-0.2, 0) is 27.7 Å². The third-order valence-electron chi connectivity index (χ3n) is 5.30. The topological polar surface area (TPSA) is 66.5 Å². The maximum Gasteiger partial charge on any atom is 0.264 e. The molecule has 168 valence electrons. The number of hydrogen-bond donors (Lipinski definition) is 1. The third kappa shape index (κ3) is 6.20. The van der Waals surface area contributed by atoms with E-state index in [1.807, 2.05) is 25.1 Å². The van der Waals surface area contributed by atoms with Crippen molar-refractivity contribution in [3.05, 3.63) is 95.6 Å². The van der Waals surface area contributed by atoms with Crippen molar-refractivity contribution in [1.82, 2.24) is 5.32 Å². The fourth-order valence-electron chi connectivity index (χ4n) is 3.51. The summed E-state index contributed by atoms with van der Waals surface area (Å²) >= 11 is 0. The van der Waals surface area contributed by atoms with Crippen LogP contribution >= 0.6 is 0 Å². The molecule has 0 unspecified atom stereocenters. The molecule has 0 saturated heterocycles. The van der Waals surface area contributed by atoms with E-state index < -0.39 is 10.0 Å². The Morgan fingerprint density at radius 2 is 1.62 bits per heavy atom. The summed E-state index contributed by atoms with van der Waals surface area (Å²) in [5.41, 5.74) is 4.01. The van der Waals surface area contributed by atoms with Crippen LogP contribution in [0.1, 0.15) is 30.0 Å². The molecular weight excluding hydrogens is 420 g/mol. The second kappa shape index (κ2) is 11.0. The molecular formula is C26H30N2O3S. The zero-order valence-electron chi connectivity index (χ0n) is 18.6. The van der Waals surface area contributed by atoms with E-state index in [4.69, 9.17) is 0 Å². The molecule has 0 aliphatic heterocycles. The molecule has 3 rings (SSSR count). The van der Waals surface area contributed by atoms with Gasteiger partial charge in [-0.05, 0) is 61.6 Å². The van der Waals surface area contributed by atoms with Crippen molar-refractivity contribution in [2.45, 2.75) is 38.0 Å². The Kier molecular flexibility index (Phi) is 8.06. The Morgan fingerprint density at radius 1 is 0.906 bits per heavy atom. The standard InChI is InChI=1S/C26H30N2O3S/c1-3-22-14-16-24(17-15-22)28(32(30,31)25-12-5-4-6-13-25)20-26(29)27-18-8-11-23-10-7-9-21(2)19-23/h4-7,9-10,12-17,19H,3,8,11,18,20H2,1-2H3,(H,27,29). The van der Waals surface area contributed by atoms with E-state index in [0.29, 0.717) is 12.2 Å². The largest absolute Gasteiger partial charge is 0.355 e. The van der Waals surface area contributed by atoms with Crippen LogP contribution in [-0.4, -0.2) is 27.4 Å². The van der Waals surface area contributed by atoms with Crippen molar-refractivity contribution in [3.63, 3.8) is 0 Å². The van der Waals surface area contributed by atoms with E-state index in [2.05, 4.69) is 30.4 Å². The summed E-state index contributed by atoms with van der Waals surface area (Å²) in [6.45, 7) is 4.31. The maximum atomic E-state index is 13.3. The van der Waals surface area contributed by atoms with Gasteiger partial charge in [0.1, 0.15) is 6.54 Å². The van der Waals surface area contributed by atoms with E-state index in [1.54, 1.807) is 42.5 Å². The lowest BCUT2D eigenvalue weighted by atomic mass is 10.1. The number of nitrogens with zero attached hydrogens (tertiary/aromatic N) is 1. The Labute approximate surface area is 191 Å². The second-order valence-corrected chi connectivity index (χ2v) is 9.65. The van der Waals surface area contributed by atoms with Crippen LogP contribution in [0.2, 0.25) is 0 Å². The molecule has 32 heavy (non-hydrogen) atoms. The number of hydrogen-bond acceptors (Lipinski definition) is 3. The molecule has 0 heterocycles. The van der Waals surface area contributed by atoms with Crippen molar-refractivity contribution in [2.75, 3.05) is 17.4 Å². The Balaban J connectivity index is 1.69. The fraction of sp³-hybridized carbons (Fsp3) is 0.269. The van der Waals surface area contributed by atoms with Gasteiger partial charge in [-0.1, -0.05) is 67.1 Å². The highest BCUT2D eigenvalue weighted by Gasteiger charge is 2.26. The molecule has 0 aliphatic carbocycles. The third-order valence-corrected chi connectivity index (χ3v) is 7.09. The predicted molar refractivity (Wildman–Crippen MR) is 129 cm³/mol. The lowest BCUT2D eigenvalue weighted by Gasteiger charge is -2.24. The highest BCUT2D eigenvalue weighted by Crippen LogP contribution is 2.24. The van der Waals surface area contributed by atoms with Crippen LogP contribution < -0.4 is 9.62 Å². The molecule has 3 aromatic carbocycles. The van der Waals surface area contributed by atoms with Gasteiger partial charge in [-0.2, -0.15) is 0 Å². The molecule has 1 N–H and O–H groups in total. The molecule has 0 aliphatic rings. The smallest absolute Gasteiger partial charge is 0.264 e. The lowest BCUT2D eigenvalue weighted by molar-refractivity contribution is -0.119. The summed E-state index contributed by atoms with van der Waals surface area (Å²) in [5, 5.41) is 2.87. The monoisotopic (exact) mass is 450 g/mol. The highest BCUT2D eigenvalue weighted by molar-refractivity contribution is 7.92. The first-order chi connectivity index (χ1) is 15.4. The van der Waals surface area contributed by atoms with Crippen LogP contribution in [0.15, 0.2) is 83.8 Å². The lowest BCUT2D eigenvalue weighted by Crippen LogP contribution is -2.41. The number of amides is 1. The van der Waals surface area contributed by atoms with Gasteiger partial charge in [0.05, 0.1) is 10.6 Å². The molecule has 1 amide bonds. The molecule has 5 nitrogen and oxygen atoms in total. The summed E-state index contributed by atoms with van der Waals surface area (Å²) < 4.78 is 27.8. The van der Waals surface area contributed by atoms with Gasteiger partial charge in [-0.25, -0.2) is 8.42 Å². The molecule has 3 aromatic rings. The Morgan fingerprint density at radius 3 is 2.28 bits per heavy atom. The van der Waals surface area contributed by atoms with Crippen molar-refractivity contribution in [3.8, 4) is 0 Å². The average Bonchev–Trinajstić information content (AvgIpc) is 2.81. The molecule has 0 fully saturated rings. The minimum atomic E-state index is -3.87. The van der Waals surface area contributed by atoms with Crippen LogP contribution in [0.3, 0.4) is 0 Å². The first-order valence-corrected chi connectivity index (χ1v) is 12.3. The molecule has 6 heteroatoms. The van der Waals surface area contributed by atoms with Gasteiger partial charge in [0.15, 0.2) is 0 Å². The summed E-state index contributed by atoms with van der Waals surface area (Å²) in [5.74, 6) is -0.326. The minimum Gasteiger partial charge on any atom is -0.355 e. The number of anilines is 1. The number of carbonyl (C=O) groups is 1. The zero-order chi connectivity index (χ0) is 23.0. The summed E-state index contributed by atoms with van der Waals surface area (Å²) in [6, 6.07) is 23.8. The number of rotatable bonds is 10. The number of benzene rings is 3. The minimum absolute atomic E-state index is 0.159. The molecule has 0 atom stereocenters. The SMILES string of the molecule is CCc1ccc(N(CC(=O)NCCCc2cccc(C)c2)S(=O)(=O)c2ccccc2)cc1. The Bertz CT molecular complexity index is 1130. The second-order valence-electron chi connectivity index (χ2n) is 7.79. The van der Waals surface area contributed by atoms with Crippen LogP contribution in [0.25, 0.3) is 0 Å². The number of aryl methyl sites for hydroxylation is 3. The van der Waals surface area contributed by atoms with Gasteiger partial charge in [0.25, 0.3) is 10.0 Å². The van der Waals surface area contributed by atoms with E-state index in [0.717, 1.165) is 24.8 Å². The number of sulfonamides is 1. The summed E-state index contributed by atoms with van der Waals surface area (Å²) in [6.07, 6.45) is 2.49. The number of nitrogens with one attached hydrogen (secondary N) is 1. The molecule has 0 aromatic heterocycles. The van der Waals surface area contributed by atoms with E-state index >= 15 is 0 Å². The molecule has 0 spiro atoms. The van der Waals surface area contributed by atoms with Gasteiger partial charge in [-0.15, -0.1) is 0 Å². The zero-order valence-corrected chi connectivity index (χ0v) is 19.4. The van der Waals surface area contributed by atoms with Gasteiger partial charge in [-0.3, -0.25) is 9.10 Å². The highest BCUT2D eigenvalue weighted by atomic mass is 32.2. The quantitative estimate of drug-likeness (QED) is 0.463. The van der Waals surface area contributed by atoms with Crippen molar-refractivity contribution >= 4 is 21.6 Å². The van der Waals surface area contributed by atoms with Crippen LogP contribution in [0.4, 0.5) is 5.69 Å². The van der Waals surface area contributed by atoms with Gasteiger partial charge in [0.2, 0.25) is 5.91 Å².